The molecular formula is C30H27N5O2. The number of carbonyl (C=O) groups excluding carboxylic acids is 1. The van der Waals surface area contributed by atoms with Crippen LogP contribution in [0.1, 0.15) is 34.8 Å². The van der Waals surface area contributed by atoms with Crippen LogP contribution < -0.4 is 10.5 Å². The van der Waals surface area contributed by atoms with Crippen molar-refractivity contribution < 1.29 is 9.53 Å². The highest BCUT2D eigenvalue weighted by Crippen LogP contribution is 2.35. The summed E-state index contributed by atoms with van der Waals surface area (Å²) in [7, 11) is 0. The summed E-state index contributed by atoms with van der Waals surface area (Å²) in [5, 5.41) is 8.11. The van der Waals surface area contributed by atoms with E-state index in [2.05, 4.69) is 10.2 Å². The second-order valence-electron chi connectivity index (χ2n) is 9.32. The van der Waals surface area contributed by atoms with Gasteiger partial charge >= 0.3 is 0 Å². The number of carbonyl (C=O) groups is 1. The molecule has 7 heteroatoms. The number of nitrogens with one attached hydrogen (secondary N) is 1. The molecule has 0 radical (unpaired) electrons. The topological polar surface area (TPSA) is 97.1 Å². The summed E-state index contributed by atoms with van der Waals surface area (Å²) in [6.45, 7) is 1.37. The van der Waals surface area contributed by atoms with Crippen LogP contribution in [0.5, 0.6) is 11.5 Å². The van der Waals surface area contributed by atoms with Crippen molar-refractivity contribution in [3.05, 3.63) is 102 Å². The fourth-order valence-electron chi connectivity index (χ4n) is 4.98. The lowest BCUT2D eigenvalue weighted by molar-refractivity contribution is 0.0706. The molecule has 37 heavy (non-hydrogen) atoms. The van der Waals surface area contributed by atoms with Crippen molar-refractivity contribution in [2.24, 2.45) is 0 Å². The van der Waals surface area contributed by atoms with E-state index >= 15 is 0 Å². The number of nitrogens with two attached hydrogens (primary N) is 1. The molecule has 0 bridgehead atoms. The van der Waals surface area contributed by atoms with Crippen molar-refractivity contribution >= 4 is 22.6 Å². The Morgan fingerprint density at radius 1 is 0.946 bits per heavy atom. The minimum atomic E-state index is 0.0615. The molecule has 6 rings (SSSR count). The largest absolute Gasteiger partial charge is 0.457 e. The predicted octanol–water partition coefficient (Wildman–Crippen LogP) is 6.02. The summed E-state index contributed by atoms with van der Waals surface area (Å²) in [5.41, 5.74) is 10.4. The third-order valence-electron chi connectivity index (χ3n) is 6.85. The van der Waals surface area contributed by atoms with E-state index < -0.39 is 0 Å². The lowest BCUT2D eigenvalue weighted by Crippen LogP contribution is -2.39. The van der Waals surface area contributed by atoms with E-state index in [1.165, 1.54) is 0 Å². The summed E-state index contributed by atoms with van der Waals surface area (Å²) >= 11 is 0. The van der Waals surface area contributed by atoms with Gasteiger partial charge in [0, 0.05) is 35.8 Å². The van der Waals surface area contributed by atoms with Crippen LogP contribution in [0.2, 0.25) is 0 Å². The summed E-state index contributed by atoms with van der Waals surface area (Å²) in [4.78, 5) is 20.1. The molecule has 3 aromatic carbocycles. The summed E-state index contributed by atoms with van der Waals surface area (Å²) in [6.07, 6.45) is 1.89. The zero-order valence-corrected chi connectivity index (χ0v) is 20.3. The summed E-state index contributed by atoms with van der Waals surface area (Å²) < 4.78 is 5.95. The van der Waals surface area contributed by atoms with Gasteiger partial charge in [0.1, 0.15) is 11.5 Å². The Labute approximate surface area is 214 Å². The van der Waals surface area contributed by atoms with Crippen molar-refractivity contribution in [3.63, 3.8) is 0 Å². The van der Waals surface area contributed by atoms with Crippen molar-refractivity contribution in [2.75, 3.05) is 18.8 Å². The third kappa shape index (κ3) is 4.63. The lowest BCUT2D eigenvalue weighted by Gasteiger charge is -2.32. The van der Waals surface area contributed by atoms with Crippen molar-refractivity contribution in [2.45, 2.75) is 18.8 Å². The average molecular weight is 490 g/mol. The van der Waals surface area contributed by atoms with Gasteiger partial charge in [-0.2, -0.15) is 5.10 Å². The number of nitrogen functional groups attached to an aromatic ring is 1. The van der Waals surface area contributed by atoms with Gasteiger partial charge in [0.05, 0.1) is 16.6 Å². The van der Waals surface area contributed by atoms with E-state index in [0.29, 0.717) is 17.9 Å². The third-order valence-corrected chi connectivity index (χ3v) is 6.85. The molecule has 1 fully saturated rings. The SMILES string of the molecule is Nc1n[nH]c2cc(C3CCCN(C(=O)c4ccccc4)C3)nc(-c3ccc(Oc4ccccc4)cc3)c12. The van der Waals surface area contributed by atoms with Gasteiger partial charge in [-0.3, -0.25) is 14.9 Å². The van der Waals surface area contributed by atoms with Gasteiger partial charge in [0.25, 0.3) is 5.91 Å². The highest BCUT2D eigenvalue weighted by Gasteiger charge is 2.27. The predicted molar refractivity (Wildman–Crippen MR) is 145 cm³/mol. The summed E-state index contributed by atoms with van der Waals surface area (Å²) in [5.74, 6) is 2.12. The molecule has 5 aromatic rings. The molecule has 7 nitrogen and oxygen atoms in total. The first-order chi connectivity index (χ1) is 18.2. The first-order valence-electron chi connectivity index (χ1n) is 12.5. The first kappa shape index (κ1) is 22.8. The average Bonchev–Trinajstić information content (AvgIpc) is 3.34. The Morgan fingerprint density at radius 3 is 2.41 bits per heavy atom. The van der Waals surface area contributed by atoms with Crippen LogP contribution >= 0.6 is 0 Å². The van der Waals surface area contributed by atoms with Gasteiger partial charge in [-0.15, -0.1) is 0 Å². The fraction of sp³-hybridized carbons (Fsp3) is 0.167. The lowest BCUT2D eigenvalue weighted by atomic mass is 9.92. The minimum Gasteiger partial charge on any atom is -0.457 e. The number of anilines is 1. The van der Waals surface area contributed by atoms with E-state index in [0.717, 1.165) is 58.7 Å². The number of benzene rings is 3. The maximum atomic E-state index is 13.1. The smallest absolute Gasteiger partial charge is 0.253 e. The van der Waals surface area contributed by atoms with Gasteiger partial charge in [-0.25, -0.2) is 0 Å². The number of aromatic amines is 1. The monoisotopic (exact) mass is 489 g/mol. The molecule has 1 saturated heterocycles. The van der Waals surface area contributed by atoms with E-state index in [1.807, 2.05) is 95.9 Å². The minimum absolute atomic E-state index is 0.0615. The second kappa shape index (κ2) is 9.78. The van der Waals surface area contributed by atoms with Crippen molar-refractivity contribution in [1.29, 1.82) is 0 Å². The first-order valence-corrected chi connectivity index (χ1v) is 12.5. The standard InChI is InChI=1S/C30H27N5O2/c31-29-27-26(33-34-29)18-25(22-10-7-17-35(19-22)30(36)21-8-3-1-4-9-21)32-28(27)20-13-15-24(16-14-20)37-23-11-5-2-6-12-23/h1-6,8-9,11-16,18,22H,7,10,17,19H2,(H3,31,33,34). The molecule has 0 saturated carbocycles. The number of likely N-dealkylation sites (tertiary alicyclic amines) is 1. The van der Waals surface area contributed by atoms with Crippen LogP contribution in [0.4, 0.5) is 5.82 Å². The number of fused-ring (bicyclic) bond motifs is 1. The maximum absolute atomic E-state index is 13.1. The normalized spacial score (nSPS) is 15.6. The van der Waals surface area contributed by atoms with Crippen molar-refractivity contribution in [3.8, 4) is 22.8 Å². The molecule has 2 aromatic heterocycles. The maximum Gasteiger partial charge on any atom is 0.253 e. The second-order valence-corrected chi connectivity index (χ2v) is 9.32. The van der Waals surface area contributed by atoms with Crippen LogP contribution in [0.3, 0.4) is 0 Å². The molecule has 1 unspecified atom stereocenters. The Bertz CT molecular complexity index is 1530. The van der Waals surface area contributed by atoms with Gasteiger partial charge in [-0.05, 0) is 67.4 Å². The molecule has 3 heterocycles. The number of hydrogen-bond donors (Lipinski definition) is 2. The highest BCUT2D eigenvalue weighted by molar-refractivity contribution is 6.00. The summed E-state index contributed by atoms with van der Waals surface area (Å²) in [6, 6.07) is 29.0. The number of para-hydroxylation sites is 1. The Morgan fingerprint density at radius 2 is 1.65 bits per heavy atom. The molecule has 1 atom stereocenters. The zero-order chi connectivity index (χ0) is 25.2. The Kier molecular flexibility index (Phi) is 6.02. The van der Waals surface area contributed by atoms with Gasteiger partial charge in [0.2, 0.25) is 0 Å². The van der Waals surface area contributed by atoms with E-state index in [4.69, 9.17) is 15.5 Å². The number of nitrogens with zero attached hydrogens (tertiary/aromatic N) is 3. The number of piperidine rings is 1. The quantitative estimate of drug-likeness (QED) is 0.315. The zero-order valence-electron chi connectivity index (χ0n) is 20.3. The van der Waals surface area contributed by atoms with Crippen molar-refractivity contribution in [1.82, 2.24) is 20.1 Å². The van der Waals surface area contributed by atoms with E-state index in [9.17, 15) is 4.79 Å². The van der Waals surface area contributed by atoms with Gasteiger partial charge < -0.3 is 15.4 Å². The van der Waals surface area contributed by atoms with Crippen LogP contribution in [0, 0.1) is 0 Å². The van der Waals surface area contributed by atoms with Gasteiger partial charge in [-0.1, -0.05) is 36.4 Å². The molecule has 0 aliphatic carbocycles. The van der Waals surface area contributed by atoms with Gasteiger partial charge in [0.15, 0.2) is 5.82 Å². The number of amides is 1. The molecule has 1 amide bonds. The number of pyridine rings is 1. The highest BCUT2D eigenvalue weighted by atomic mass is 16.5. The molecular weight excluding hydrogens is 462 g/mol. The van der Waals surface area contributed by atoms with Crippen LogP contribution in [0.25, 0.3) is 22.2 Å². The van der Waals surface area contributed by atoms with Crippen LogP contribution in [0.15, 0.2) is 91.0 Å². The number of H-pyrrole nitrogens is 1. The number of aromatic nitrogens is 3. The number of hydrogen-bond acceptors (Lipinski definition) is 5. The van der Waals surface area contributed by atoms with E-state index in [-0.39, 0.29) is 11.8 Å². The Hall–Kier alpha value is -4.65. The Balaban J connectivity index is 1.31. The molecule has 1 aliphatic rings. The molecule has 0 spiro atoms. The molecule has 1 aliphatic heterocycles. The number of rotatable bonds is 5. The van der Waals surface area contributed by atoms with Crippen LogP contribution in [-0.4, -0.2) is 39.1 Å². The van der Waals surface area contributed by atoms with E-state index in [1.54, 1.807) is 0 Å². The number of ether oxygens (including phenoxy) is 1. The fourth-order valence-corrected chi connectivity index (χ4v) is 4.98. The molecule has 3 N–H and O–H groups in total. The molecule has 184 valence electrons. The van der Waals surface area contributed by atoms with Crippen LogP contribution in [-0.2, 0) is 0 Å².